The van der Waals surface area contributed by atoms with Crippen molar-refractivity contribution in [3.63, 3.8) is 0 Å². The molecule has 2 bridgehead atoms. The van der Waals surface area contributed by atoms with E-state index in [1.807, 2.05) is 12.1 Å². The summed E-state index contributed by atoms with van der Waals surface area (Å²) in [5.41, 5.74) is -0.491. The van der Waals surface area contributed by atoms with Crippen LogP contribution in [0.2, 0.25) is 0 Å². The summed E-state index contributed by atoms with van der Waals surface area (Å²) >= 11 is 0. The average molecular weight is 675 g/mol. The lowest BCUT2D eigenvalue weighted by Crippen LogP contribution is -2.59. The Bertz CT molecular complexity index is 1870. The summed E-state index contributed by atoms with van der Waals surface area (Å²) in [5.74, 6) is -2.83. The molecule has 7 rings (SSSR count). The van der Waals surface area contributed by atoms with Crippen molar-refractivity contribution < 1.29 is 31.5 Å². The maximum absolute atomic E-state index is 16.6. The van der Waals surface area contributed by atoms with Crippen molar-refractivity contribution in [3.8, 4) is 17.2 Å². The zero-order valence-corrected chi connectivity index (χ0v) is 27.7. The Balaban J connectivity index is 1.18. The highest BCUT2D eigenvalue weighted by molar-refractivity contribution is 7.89. The molecule has 3 atom stereocenters. The average Bonchev–Trinajstić information content (AvgIpc) is 3.69. The van der Waals surface area contributed by atoms with Crippen molar-refractivity contribution in [2.75, 3.05) is 0 Å². The van der Waals surface area contributed by atoms with Crippen molar-refractivity contribution in [2.45, 2.75) is 93.3 Å². The maximum Gasteiger partial charge on any atom is 0.298 e. The Morgan fingerprint density at radius 3 is 2.10 bits per heavy atom. The minimum atomic E-state index is -4.56. The monoisotopic (exact) mass is 674 g/mol. The first kappa shape index (κ1) is 32.5. The Morgan fingerprint density at radius 1 is 0.812 bits per heavy atom. The van der Waals surface area contributed by atoms with E-state index < -0.39 is 33.5 Å². The largest absolute Gasteiger partial charge is 0.490 e. The highest BCUT2D eigenvalue weighted by Gasteiger charge is 2.53. The van der Waals surface area contributed by atoms with Crippen LogP contribution in [0, 0.1) is 5.92 Å². The third-order valence-electron chi connectivity index (χ3n) is 10.0. The number of carbonyl (C=O) groups excluding carboxylic acids is 1. The van der Waals surface area contributed by atoms with Gasteiger partial charge < -0.3 is 14.4 Å². The van der Waals surface area contributed by atoms with Gasteiger partial charge in [0.2, 0.25) is 15.9 Å². The number of carbonyl (C=O) groups is 1. The number of ether oxygens (including phenoxy) is 2. The zero-order valence-electron chi connectivity index (χ0n) is 26.9. The molecule has 3 fully saturated rings. The fraction of sp³-hybridized carbons (Fsp3) is 0.395. The van der Waals surface area contributed by atoms with Gasteiger partial charge in [-0.25, -0.2) is 8.42 Å². The number of benzene rings is 4. The number of hydrogen-bond acceptors (Lipinski definition) is 5. The number of nitrogens with one attached hydrogen (secondary N) is 1. The molecular weight excluding hydrogens is 634 g/mol. The van der Waals surface area contributed by atoms with Crippen LogP contribution in [0.1, 0.15) is 63.9 Å². The van der Waals surface area contributed by atoms with E-state index in [1.54, 1.807) is 42.5 Å². The molecule has 48 heavy (non-hydrogen) atoms. The third kappa shape index (κ3) is 6.65. The first-order valence-corrected chi connectivity index (χ1v) is 18.3. The van der Waals surface area contributed by atoms with E-state index in [0.717, 1.165) is 31.1 Å². The van der Waals surface area contributed by atoms with Crippen LogP contribution in [0.15, 0.2) is 95.9 Å². The highest BCUT2D eigenvalue weighted by Crippen LogP contribution is 2.42. The fourth-order valence-corrected chi connectivity index (χ4v) is 8.86. The highest BCUT2D eigenvalue weighted by atomic mass is 32.2. The molecule has 2 aliphatic heterocycles. The topological polar surface area (TPSA) is 84.9 Å². The smallest absolute Gasteiger partial charge is 0.298 e. The van der Waals surface area contributed by atoms with Gasteiger partial charge in [0, 0.05) is 17.6 Å². The SMILES string of the molecule is CC1CC2CCC(C1)N2C(=O)C(NS(=O)(=O)c1ccc2cc(OC3CCCC3)ccc2c1)C(F)(F)c1ccc(Oc2ccccc2)cc1. The van der Waals surface area contributed by atoms with Crippen LogP contribution in [0.25, 0.3) is 10.8 Å². The first-order chi connectivity index (χ1) is 23.1. The minimum Gasteiger partial charge on any atom is -0.490 e. The van der Waals surface area contributed by atoms with E-state index in [2.05, 4.69) is 11.6 Å². The minimum absolute atomic E-state index is 0.174. The number of alkyl halides is 2. The molecule has 7 nitrogen and oxygen atoms in total. The standard InChI is InChI=1S/C38H40F2N2O5S/c1-25-21-29-15-16-30(22-25)42(29)37(43)36(38(39,40)28-13-18-33(19-14-28)46-31-7-3-2-4-8-31)41-48(44,45)35-20-12-26-23-34(17-11-27(26)24-35)47-32-9-5-6-10-32/h2-4,7-8,11-14,17-20,23-25,29-30,32,36,41H,5-6,9-10,15-16,21-22H2,1H3. The molecule has 3 unspecified atom stereocenters. The molecule has 10 heteroatoms. The van der Waals surface area contributed by atoms with Crippen LogP contribution >= 0.6 is 0 Å². The Hall–Kier alpha value is -4.02. The predicted octanol–water partition coefficient (Wildman–Crippen LogP) is 8.18. The van der Waals surface area contributed by atoms with Gasteiger partial charge in [-0.2, -0.15) is 13.5 Å². The van der Waals surface area contributed by atoms with Gasteiger partial charge in [-0.05, 0) is 129 Å². The number of fused-ring (bicyclic) bond motifs is 3. The van der Waals surface area contributed by atoms with Gasteiger partial charge in [0.05, 0.1) is 11.0 Å². The number of sulfonamides is 1. The summed E-state index contributed by atoms with van der Waals surface area (Å²) in [4.78, 5) is 15.5. The molecule has 0 radical (unpaired) electrons. The number of nitrogens with zero attached hydrogens (tertiary/aromatic N) is 1. The van der Waals surface area contributed by atoms with Crippen LogP contribution in [-0.2, 0) is 20.7 Å². The number of hydrogen-bond donors (Lipinski definition) is 1. The lowest BCUT2D eigenvalue weighted by Gasteiger charge is -2.41. The Labute approximate surface area is 280 Å². The van der Waals surface area contributed by atoms with Gasteiger partial charge in [-0.3, -0.25) is 4.79 Å². The molecule has 0 spiro atoms. The van der Waals surface area contributed by atoms with Crippen LogP contribution in [-0.4, -0.2) is 43.5 Å². The predicted molar refractivity (Wildman–Crippen MR) is 180 cm³/mol. The maximum atomic E-state index is 16.6. The normalized spacial score (nSPS) is 22.1. The molecule has 4 aromatic carbocycles. The van der Waals surface area contributed by atoms with E-state index in [4.69, 9.17) is 9.47 Å². The van der Waals surface area contributed by atoms with Gasteiger partial charge in [-0.15, -0.1) is 0 Å². The van der Waals surface area contributed by atoms with Crippen LogP contribution in [0.4, 0.5) is 8.78 Å². The van der Waals surface area contributed by atoms with Crippen molar-refractivity contribution in [2.24, 2.45) is 5.92 Å². The van der Waals surface area contributed by atoms with E-state index in [0.29, 0.717) is 54.2 Å². The molecule has 2 heterocycles. The molecule has 0 aromatic heterocycles. The molecule has 4 aromatic rings. The second-order valence-corrected chi connectivity index (χ2v) is 15.2. The number of halogens is 2. The van der Waals surface area contributed by atoms with Gasteiger partial charge in [0.15, 0.2) is 6.04 Å². The molecule has 1 N–H and O–H groups in total. The van der Waals surface area contributed by atoms with Gasteiger partial charge >= 0.3 is 0 Å². The van der Waals surface area contributed by atoms with Crippen LogP contribution in [0.5, 0.6) is 17.2 Å². The van der Waals surface area contributed by atoms with Crippen molar-refractivity contribution in [1.82, 2.24) is 9.62 Å². The van der Waals surface area contributed by atoms with E-state index in [-0.39, 0.29) is 23.1 Å². The lowest BCUT2D eigenvalue weighted by atomic mass is 9.91. The molecular formula is C38H40F2N2O5S. The Morgan fingerprint density at radius 2 is 1.42 bits per heavy atom. The molecule has 252 valence electrons. The van der Waals surface area contributed by atoms with Crippen molar-refractivity contribution in [3.05, 3.63) is 96.6 Å². The molecule has 1 saturated carbocycles. The van der Waals surface area contributed by atoms with E-state index >= 15 is 8.78 Å². The summed E-state index contributed by atoms with van der Waals surface area (Å²) in [6, 6.07) is 21.2. The number of rotatable bonds is 10. The molecule has 1 aliphatic carbocycles. The number of piperidine rings is 1. The van der Waals surface area contributed by atoms with Gasteiger partial charge in [-0.1, -0.05) is 37.3 Å². The second kappa shape index (κ2) is 13.1. The molecule has 1 amide bonds. The number of amides is 1. The van der Waals surface area contributed by atoms with Crippen LogP contribution < -0.4 is 14.2 Å². The second-order valence-electron chi connectivity index (χ2n) is 13.5. The quantitative estimate of drug-likeness (QED) is 0.183. The molecule has 3 aliphatic rings. The summed E-state index contributed by atoms with van der Waals surface area (Å²) in [5, 5.41) is 1.38. The van der Waals surface area contributed by atoms with Gasteiger partial charge in [0.1, 0.15) is 17.2 Å². The third-order valence-corrected chi connectivity index (χ3v) is 11.4. The number of para-hydroxylation sites is 1. The van der Waals surface area contributed by atoms with Gasteiger partial charge in [0.25, 0.3) is 5.92 Å². The summed E-state index contributed by atoms with van der Waals surface area (Å²) in [7, 11) is -4.56. The van der Waals surface area contributed by atoms with Crippen LogP contribution in [0.3, 0.4) is 0 Å². The summed E-state index contributed by atoms with van der Waals surface area (Å²) in [6.45, 7) is 2.10. The van der Waals surface area contributed by atoms with Crippen molar-refractivity contribution >= 4 is 26.7 Å². The fourth-order valence-electron chi connectivity index (χ4n) is 7.64. The first-order valence-electron chi connectivity index (χ1n) is 16.8. The Kier molecular flexibility index (Phi) is 8.89. The van der Waals surface area contributed by atoms with Crippen molar-refractivity contribution in [1.29, 1.82) is 0 Å². The summed E-state index contributed by atoms with van der Waals surface area (Å²) < 4.78 is 75.0. The van der Waals surface area contributed by atoms with E-state index in [1.165, 1.54) is 41.3 Å². The zero-order chi connectivity index (χ0) is 33.5. The molecule has 2 saturated heterocycles. The van der Waals surface area contributed by atoms with E-state index in [9.17, 15) is 13.2 Å². The summed E-state index contributed by atoms with van der Waals surface area (Å²) in [6.07, 6.45) is 7.31. The lowest BCUT2D eigenvalue weighted by molar-refractivity contribution is -0.149.